The first-order valence-electron chi connectivity index (χ1n) is 5.94. The Hall–Kier alpha value is -2.24. The number of aromatic nitrogens is 1. The van der Waals surface area contributed by atoms with Gasteiger partial charge in [0.25, 0.3) is 0 Å². The van der Waals surface area contributed by atoms with E-state index in [1.54, 1.807) is 18.2 Å². The van der Waals surface area contributed by atoms with Crippen molar-refractivity contribution in [2.75, 3.05) is 0 Å². The summed E-state index contributed by atoms with van der Waals surface area (Å²) >= 11 is 0. The number of amides is 1. The maximum atomic E-state index is 12.1. The van der Waals surface area contributed by atoms with Crippen LogP contribution < -0.4 is 5.32 Å². The van der Waals surface area contributed by atoms with E-state index in [1.165, 1.54) is 13.1 Å². The molecule has 2 unspecified atom stereocenters. The van der Waals surface area contributed by atoms with E-state index in [2.05, 4.69) is 10.3 Å². The Labute approximate surface area is 109 Å². The van der Waals surface area contributed by atoms with Gasteiger partial charge in [0.15, 0.2) is 5.78 Å². The van der Waals surface area contributed by atoms with Crippen molar-refractivity contribution < 1.29 is 19.5 Å². The molecule has 2 N–H and O–H groups in total. The van der Waals surface area contributed by atoms with Crippen LogP contribution in [0.1, 0.15) is 25.5 Å². The van der Waals surface area contributed by atoms with Crippen molar-refractivity contribution in [1.82, 2.24) is 10.3 Å². The molecular weight excluding hydrogens is 248 g/mol. The smallest absolute Gasteiger partial charge is 0.306 e. The maximum absolute atomic E-state index is 12.1. The van der Waals surface area contributed by atoms with E-state index < -0.39 is 23.3 Å². The Morgan fingerprint density at radius 3 is 2.74 bits per heavy atom. The molecule has 0 bridgehead atoms. The normalized spacial score (nSPS) is 24.1. The van der Waals surface area contributed by atoms with Gasteiger partial charge in [0.2, 0.25) is 5.91 Å². The minimum Gasteiger partial charge on any atom is -0.481 e. The minimum absolute atomic E-state index is 0.00389. The van der Waals surface area contributed by atoms with Gasteiger partial charge in [0, 0.05) is 6.20 Å². The molecule has 0 spiro atoms. The van der Waals surface area contributed by atoms with Crippen LogP contribution in [0.3, 0.4) is 0 Å². The molecule has 1 aliphatic heterocycles. The molecule has 6 nitrogen and oxygen atoms in total. The van der Waals surface area contributed by atoms with Gasteiger partial charge in [0.1, 0.15) is 5.54 Å². The molecule has 1 aromatic rings. The molecule has 0 aliphatic carbocycles. The topological polar surface area (TPSA) is 96.4 Å². The van der Waals surface area contributed by atoms with E-state index in [-0.39, 0.29) is 18.6 Å². The highest BCUT2D eigenvalue weighted by Gasteiger charge is 2.49. The number of hydrogen-bond acceptors (Lipinski definition) is 4. The number of hydrogen-bond donors (Lipinski definition) is 2. The lowest BCUT2D eigenvalue weighted by Gasteiger charge is -2.28. The van der Waals surface area contributed by atoms with Crippen molar-refractivity contribution in [2.45, 2.75) is 25.3 Å². The summed E-state index contributed by atoms with van der Waals surface area (Å²) in [5.74, 6) is -2.49. The molecule has 2 heterocycles. The summed E-state index contributed by atoms with van der Waals surface area (Å²) in [6, 6.07) is 5.02. The Balaban J connectivity index is 2.43. The Morgan fingerprint density at radius 1 is 1.53 bits per heavy atom. The highest BCUT2D eigenvalue weighted by Crippen LogP contribution is 2.33. The number of pyridine rings is 1. The number of nitrogens with one attached hydrogen (secondary N) is 1. The molecule has 2 atom stereocenters. The van der Waals surface area contributed by atoms with Crippen LogP contribution in [0.4, 0.5) is 0 Å². The molecule has 1 aliphatic rings. The van der Waals surface area contributed by atoms with E-state index >= 15 is 0 Å². The second kappa shape index (κ2) is 4.79. The fraction of sp³-hybridized carbons (Fsp3) is 0.385. The predicted molar refractivity (Wildman–Crippen MR) is 65.1 cm³/mol. The second-order valence-electron chi connectivity index (χ2n) is 4.71. The van der Waals surface area contributed by atoms with Gasteiger partial charge in [0.05, 0.1) is 18.0 Å². The fourth-order valence-electron chi connectivity index (χ4n) is 2.29. The standard InChI is InChI=1S/C13H14N2O4/c1-8(12(18)19)7-13(9-4-2-3-5-14-9)10(16)6-11(17)15-13/h2-5,8H,6-7H2,1H3,(H,15,17)(H,18,19). The number of nitrogens with zero attached hydrogens (tertiary/aromatic N) is 1. The molecule has 2 rings (SSSR count). The molecule has 100 valence electrons. The van der Waals surface area contributed by atoms with Crippen molar-refractivity contribution in [2.24, 2.45) is 5.92 Å². The summed E-state index contributed by atoms with van der Waals surface area (Å²) in [6.45, 7) is 1.50. The van der Waals surface area contributed by atoms with E-state index in [0.29, 0.717) is 5.69 Å². The molecule has 0 radical (unpaired) electrons. The third-order valence-corrected chi connectivity index (χ3v) is 3.29. The zero-order chi connectivity index (χ0) is 14.0. The van der Waals surface area contributed by atoms with Gasteiger partial charge in [-0.05, 0) is 18.6 Å². The van der Waals surface area contributed by atoms with Crippen LogP contribution in [0, 0.1) is 5.92 Å². The number of rotatable bonds is 4. The SMILES string of the molecule is CC(CC1(c2ccccn2)NC(=O)CC1=O)C(=O)O. The molecule has 1 fully saturated rings. The summed E-state index contributed by atoms with van der Waals surface area (Å²) in [4.78, 5) is 38.7. The average Bonchev–Trinajstić information content (AvgIpc) is 2.66. The first kappa shape index (κ1) is 13.2. The van der Waals surface area contributed by atoms with Gasteiger partial charge >= 0.3 is 5.97 Å². The summed E-state index contributed by atoms with van der Waals surface area (Å²) in [6.07, 6.45) is 1.28. The van der Waals surface area contributed by atoms with E-state index in [1.807, 2.05) is 0 Å². The number of aliphatic carboxylic acids is 1. The maximum Gasteiger partial charge on any atom is 0.306 e. The van der Waals surface area contributed by atoms with Gasteiger partial charge in [-0.15, -0.1) is 0 Å². The predicted octanol–water partition coefficient (Wildman–Crippen LogP) is 0.477. The van der Waals surface area contributed by atoms with Crippen LogP contribution in [-0.4, -0.2) is 27.8 Å². The Morgan fingerprint density at radius 2 is 2.26 bits per heavy atom. The van der Waals surface area contributed by atoms with Crippen LogP contribution in [0.2, 0.25) is 0 Å². The summed E-state index contributed by atoms with van der Waals surface area (Å²) in [5.41, 5.74) is -0.921. The fourth-order valence-corrected chi connectivity index (χ4v) is 2.29. The van der Waals surface area contributed by atoms with Gasteiger partial charge < -0.3 is 10.4 Å². The summed E-state index contributed by atoms with van der Waals surface area (Å²) < 4.78 is 0. The first-order chi connectivity index (χ1) is 8.95. The molecular formula is C13H14N2O4. The molecule has 1 amide bonds. The first-order valence-corrected chi connectivity index (χ1v) is 5.94. The Kier molecular flexibility index (Phi) is 3.33. The molecule has 6 heteroatoms. The molecule has 19 heavy (non-hydrogen) atoms. The third kappa shape index (κ3) is 2.33. The minimum atomic E-state index is -1.31. The molecule has 0 saturated carbocycles. The molecule has 0 aromatic carbocycles. The number of carboxylic acid groups (broad SMARTS) is 1. The quantitative estimate of drug-likeness (QED) is 0.769. The number of ketones is 1. The monoisotopic (exact) mass is 262 g/mol. The van der Waals surface area contributed by atoms with Crippen molar-refractivity contribution in [3.63, 3.8) is 0 Å². The number of carbonyl (C=O) groups is 3. The lowest BCUT2D eigenvalue weighted by Crippen LogP contribution is -2.46. The Bertz CT molecular complexity index is 529. The summed E-state index contributed by atoms with van der Waals surface area (Å²) in [7, 11) is 0. The third-order valence-electron chi connectivity index (χ3n) is 3.29. The summed E-state index contributed by atoms with van der Waals surface area (Å²) in [5, 5.41) is 11.6. The largest absolute Gasteiger partial charge is 0.481 e. The zero-order valence-electron chi connectivity index (χ0n) is 10.4. The lowest BCUT2D eigenvalue weighted by atomic mass is 9.82. The van der Waals surface area contributed by atoms with Crippen LogP contribution in [0.15, 0.2) is 24.4 Å². The van der Waals surface area contributed by atoms with E-state index in [9.17, 15) is 14.4 Å². The number of carboxylic acids is 1. The van der Waals surface area contributed by atoms with Crippen molar-refractivity contribution in [3.8, 4) is 0 Å². The lowest BCUT2D eigenvalue weighted by molar-refractivity contribution is -0.142. The van der Waals surface area contributed by atoms with Gasteiger partial charge in [-0.25, -0.2) is 0 Å². The number of carbonyl (C=O) groups excluding carboxylic acids is 2. The van der Waals surface area contributed by atoms with Gasteiger partial charge in [-0.2, -0.15) is 0 Å². The second-order valence-corrected chi connectivity index (χ2v) is 4.71. The van der Waals surface area contributed by atoms with E-state index in [4.69, 9.17) is 5.11 Å². The van der Waals surface area contributed by atoms with Crippen molar-refractivity contribution in [1.29, 1.82) is 0 Å². The van der Waals surface area contributed by atoms with Crippen LogP contribution in [0.5, 0.6) is 0 Å². The van der Waals surface area contributed by atoms with Gasteiger partial charge in [-0.3, -0.25) is 19.4 Å². The van der Waals surface area contributed by atoms with Crippen molar-refractivity contribution in [3.05, 3.63) is 30.1 Å². The number of Topliss-reactive ketones (excluding diaryl/α,β-unsaturated/α-hetero) is 1. The zero-order valence-corrected chi connectivity index (χ0v) is 10.4. The van der Waals surface area contributed by atoms with Crippen LogP contribution in [0.25, 0.3) is 0 Å². The van der Waals surface area contributed by atoms with Gasteiger partial charge in [-0.1, -0.05) is 13.0 Å². The van der Waals surface area contributed by atoms with Crippen LogP contribution >= 0.6 is 0 Å². The molecule has 1 saturated heterocycles. The average molecular weight is 262 g/mol. The van der Waals surface area contributed by atoms with E-state index in [0.717, 1.165) is 0 Å². The van der Waals surface area contributed by atoms with Crippen LogP contribution in [-0.2, 0) is 19.9 Å². The highest BCUT2D eigenvalue weighted by molar-refractivity contribution is 6.10. The molecule has 1 aromatic heterocycles. The van der Waals surface area contributed by atoms with Crippen molar-refractivity contribution >= 4 is 17.7 Å². The highest BCUT2D eigenvalue weighted by atomic mass is 16.4.